The molecule has 1 aromatic carbocycles. The van der Waals surface area contributed by atoms with Crippen molar-refractivity contribution in [1.82, 2.24) is 10.3 Å². The van der Waals surface area contributed by atoms with Crippen LogP contribution in [-0.2, 0) is 0 Å². The van der Waals surface area contributed by atoms with Gasteiger partial charge in [-0.25, -0.2) is 0 Å². The average molecular weight is 337 g/mol. The number of hydrogen-bond donors (Lipinski definition) is 2. The van der Waals surface area contributed by atoms with Gasteiger partial charge in [0.25, 0.3) is 11.8 Å². The number of rotatable bonds is 6. The monoisotopic (exact) mass is 337 g/mol. The van der Waals surface area contributed by atoms with Crippen molar-refractivity contribution in [3.05, 3.63) is 71.6 Å². The van der Waals surface area contributed by atoms with Gasteiger partial charge in [-0.1, -0.05) is 38.1 Å². The third-order valence-electron chi connectivity index (χ3n) is 3.83. The molecule has 5 nitrogen and oxygen atoms in total. The standard InChI is InChI=1S/C20H23N3O2/c1-5-10-22-19(24)15-9-11-21-17(12-15)20(25)23-18-14(4)7-6-8-16(18)13(2)3/h5-9,11-13H,1,10H2,2-4H3,(H,22,24)(H,23,25). The molecule has 0 atom stereocenters. The molecule has 5 heteroatoms. The van der Waals surface area contributed by atoms with Gasteiger partial charge in [0.1, 0.15) is 5.69 Å². The molecular formula is C20H23N3O2. The molecule has 2 aromatic rings. The maximum absolute atomic E-state index is 12.6. The minimum Gasteiger partial charge on any atom is -0.349 e. The van der Waals surface area contributed by atoms with Gasteiger partial charge in [0.05, 0.1) is 0 Å². The van der Waals surface area contributed by atoms with Crippen LogP contribution in [0.1, 0.15) is 51.7 Å². The SMILES string of the molecule is C=CCNC(=O)c1ccnc(C(=O)Nc2c(C)cccc2C(C)C)c1. The van der Waals surface area contributed by atoms with Gasteiger partial charge < -0.3 is 10.6 Å². The van der Waals surface area contributed by atoms with Crippen molar-refractivity contribution in [2.24, 2.45) is 0 Å². The van der Waals surface area contributed by atoms with E-state index in [-0.39, 0.29) is 23.4 Å². The molecule has 0 spiro atoms. The van der Waals surface area contributed by atoms with E-state index in [1.807, 2.05) is 25.1 Å². The predicted molar refractivity (Wildman–Crippen MR) is 100.0 cm³/mol. The fourth-order valence-electron chi connectivity index (χ4n) is 2.48. The van der Waals surface area contributed by atoms with Gasteiger partial charge in [-0.15, -0.1) is 6.58 Å². The summed E-state index contributed by atoms with van der Waals surface area (Å²) >= 11 is 0. The smallest absolute Gasteiger partial charge is 0.274 e. The Morgan fingerprint density at radius 3 is 2.68 bits per heavy atom. The fourth-order valence-corrected chi connectivity index (χ4v) is 2.48. The molecule has 0 saturated carbocycles. The Bertz CT molecular complexity index is 797. The Morgan fingerprint density at radius 1 is 1.24 bits per heavy atom. The summed E-state index contributed by atoms with van der Waals surface area (Å²) in [5.74, 6) is -0.330. The first-order chi connectivity index (χ1) is 11.9. The minimum atomic E-state index is -0.338. The zero-order valence-electron chi connectivity index (χ0n) is 14.8. The van der Waals surface area contributed by atoms with Crippen LogP contribution in [0.15, 0.2) is 49.2 Å². The molecule has 0 radical (unpaired) electrons. The van der Waals surface area contributed by atoms with Crippen molar-refractivity contribution < 1.29 is 9.59 Å². The van der Waals surface area contributed by atoms with Gasteiger partial charge >= 0.3 is 0 Å². The number of carbonyl (C=O) groups excluding carboxylic acids is 2. The number of aryl methyl sites for hydroxylation is 1. The molecular weight excluding hydrogens is 314 g/mol. The van der Waals surface area contributed by atoms with Crippen LogP contribution >= 0.6 is 0 Å². The number of benzene rings is 1. The van der Waals surface area contributed by atoms with Crippen molar-refractivity contribution in [1.29, 1.82) is 0 Å². The third kappa shape index (κ3) is 4.53. The van der Waals surface area contributed by atoms with E-state index in [1.165, 1.54) is 12.3 Å². The molecule has 2 amide bonds. The van der Waals surface area contributed by atoms with Crippen LogP contribution in [0, 0.1) is 6.92 Å². The van der Waals surface area contributed by atoms with Crippen LogP contribution in [0.25, 0.3) is 0 Å². The molecule has 1 aromatic heterocycles. The number of amides is 2. The van der Waals surface area contributed by atoms with Crippen molar-refractivity contribution in [3.63, 3.8) is 0 Å². The molecule has 2 rings (SSSR count). The molecule has 130 valence electrons. The van der Waals surface area contributed by atoms with Crippen LogP contribution in [-0.4, -0.2) is 23.3 Å². The zero-order valence-corrected chi connectivity index (χ0v) is 14.8. The van der Waals surface area contributed by atoms with E-state index in [4.69, 9.17) is 0 Å². The zero-order chi connectivity index (χ0) is 18.4. The van der Waals surface area contributed by atoms with Gasteiger partial charge in [0.2, 0.25) is 0 Å². The van der Waals surface area contributed by atoms with E-state index in [2.05, 4.69) is 36.0 Å². The molecule has 0 unspecified atom stereocenters. The Labute approximate surface area is 148 Å². The van der Waals surface area contributed by atoms with Crippen LogP contribution in [0.3, 0.4) is 0 Å². The second-order valence-corrected chi connectivity index (χ2v) is 6.08. The summed E-state index contributed by atoms with van der Waals surface area (Å²) in [6.07, 6.45) is 3.05. The van der Waals surface area contributed by atoms with E-state index in [0.717, 1.165) is 16.8 Å². The Morgan fingerprint density at radius 2 is 2.00 bits per heavy atom. The number of para-hydroxylation sites is 1. The number of aromatic nitrogens is 1. The maximum atomic E-state index is 12.6. The molecule has 25 heavy (non-hydrogen) atoms. The van der Waals surface area contributed by atoms with Gasteiger partial charge in [0.15, 0.2) is 0 Å². The molecule has 0 saturated heterocycles. The van der Waals surface area contributed by atoms with Crippen molar-refractivity contribution in [2.45, 2.75) is 26.7 Å². The van der Waals surface area contributed by atoms with Crippen LogP contribution < -0.4 is 10.6 Å². The van der Waals surface area contributed by atoms with Crippen LogP contribution in [0.2, 0.25) is 0 Å². The lowest BCUT2D eigenvalue weighted by molar-refractivity contribution is 0.0958. The van der Waals surface area contributed by atoms with E-state index in [1.54, 1.807) is 12.1 Å². The maximum Gasteiger partial charge on any atom is 0.274 e. The van der Waals surface area contributed by atoms with E-state index in [9.17, 15) is 9.59 Å². The lowest BCUT2D eigenvalue weighted by Crippen LogP contribution is -2.24. The van der Waals surface area contributed by atoms with Gasteiger partial charge in [-0.05, 0) is 36.1 Å². The lowest BCUT2D eigenvalue weighted by Gasteiger charge is -2.16. The highest BCUT2D eigenvalue weighted by molar-refractivity contribution is 6.05. The van der Waals surface area contributed by atoms with Crippen LogP contribution in [0.4, 0.5) is 5.69 Å². The highest BCUT2D eigenvalue weighted by Crippen LogP contribution is 2.27. The average Bonchev–Trinajstić information content (AvgIpc) is 2.61. The second-order valence-electron chi connectivity index (χ2n) is 6.08. The highest BCUT2D eigenvalue weighted by atomic mass is 16.2. The van der Waals surface area contributed by atoms with Crippen molar-refractivity contribution >= 4 is 17.5 Å². The topological polar surface area (TPSA) is 71.1 Å². The van der Waals surface area contributed by atoms with Gasteiger partial charge in [0, 0.05) is 24.0 Å². The van der Waals surface area contributed by atoms with Gasteiger partial charge in [-0.2, -0.15) is 0 Å². The summed E-state index contributed by atoms with van der Waals surface area (Å²) in [7, 11) is 0. The predicted octanol–water partition coefficient (Wildman–Crippen LogP) is 3.68. The van der Waals surface area contributed by atoms with Crippen molar-refractivity contribution in [2.75, 3.05) is 11.9 Å². The van der Waals surface area contributed by atoms with E-state index in [0.29, 0.717) is 12.1 Å². The summed E-state index contributed by atoms with van der Waals surface area (Å²) in [6, 6.07) is 8.99. The highest BCUT2D eigenvalue weighted by Gasteiger charge is 2.15. The Kier molecular flexibility index (Phi) is 6.06. The molecule has 0 aliphatic carbocycles. The Hall–Kier alpha value is -2.95. The summed E-state index contributed by atoms with van der Waals surface area (Å²) in [4.78, 5) is 28.7. The normalized spacial score (nSPS) is 10.4. The molecule has 0 bridgehead atoms. The summed E-state index contributed by atoms with van der Waals surface area (Å²) < 4.78 is 0. The number of carbonyl (C=O) groups is 2. The first-order valence-corrected chi connectivity index (χ1v) is 8.20. The summed E-state index contributed by atoms with van der Waals surface area (Å²) in [6.45, 7) is 10.0. The third-order valence-corrected chi connectivity index (χ3v) is 3.83. The van der Waals surface area contributed by atoms with E-state index >= 15 is 0 Å². The summed E-state index contributed by atoms with van der Waals surface area (Å²) in [5.41, 5.74) is 3.43. The number of anilines is 1. The molecule has 1 heterocycles. The molecule has 0 aliphatic heterocycles. The number of pyridine rings is 1. The number of nitrogens with zero attached hydrogens (tertiary/aromatic N) is 1. The van der Waals surface area contributed by atoms with Crippen LogP contribution in [0.5, 0.6) is 0 Å². The number of nitrogens with one attached hydrogen (secondary N) is 2. The van der Waals surface area contributed by atoms with Crippen molar-refractivity contribution in [3.8, 4) is 0 Å². The first kappa shape index (κ1) is 18.4. The second kappa shape index (κ2) is 8.24. The van der Waals surface area contributed by atoms with Gasteiger partial charge in [-0.3, -0.25) is 14.6 Å². The van der Waals surface area contributed by atoms with E-state index < -0.39 is 0 Å². The largest absolute Gasteiger partial charge is 0.349 e. The first-order valence-electron chi connectivity index (χ1n) is 8.20. The minimum absolute atomic E-state index is 0.198. The fraction of sp³-hybridized carbons (Fsp3) is 0.250. The molecule has 0 fully saturated rings. The molecule has 0 aliphatic rings. The lowest BCUT2D eigenvalue weighted by atomic mass is 9.98. The molecule has 2 N–H and O–H groups in total. The number of hydrogen-bond acceptors (Lipinski definition) is 3. The quantitative estimate of drug-likeness (QED) is 0.790. The Balaban J connectivity index is 2.25. The summed E-state index contributed by atoms with van der Waals surface area (Å²) in [5, 5.41) is 5.62.